The van der Waals surface area contributed by atoms with E-state index in [0.29, 0.717) is 24.9 Å². The van der Waals surface area contributed by atoms with Crippen molar-refractivity contribution in [3.8, 4) is 5.75 Å². The highest BCUT2D eigenvalue weighted by molar-refractivity contribution is 5.29. The Morgan fingerprint density at radius 1 is 1.38 bits per heavy atom. The third-order valence-corrected chi connectivity index (χ3v) is 3.58. The molecule has 0 aliphatic heterocycles. The number of rotatable bonds is 7. The first-order valence-corrected chi connectivity index (χ1v) is 7.40. The van der Waals surface area contributed by atoms with Gasteiger partial charge in [0.05, 0.1) is 18.2 Å². The molecule has 112 valence electrons. The van der Waals surface area contributed by atoms with Gasteiger partial charge in [0.2, 0.25) is 0 Å². The molecule has 1 aromatic carbocycles. The summed E-state index contributed by atoms with van der Waals surface area (Å²) in [6.45, 7) is 3.94. The topological polar surface area (TPSA) is 39.1 Å². The molecule has 0 saturated heterocycles. The van der Waals surface area contributed by atoms with E-state index < -0.39 is 0 Å². The number of ether oxygens (including phenoxy) is 1. The molecule has 0 amide bonds. The predicted octanol–water partition coefficient (Wildman–Crippen LogP) is 3.05. The lowest BCUT2D eigenvalue weighted by Gasteiger charge is -2.10. The van der Waals surface area contributed by atoms with E-state index in [1.165, 1.54) is 25.0 Å². The van der Waals surface area contributed by atoms with Gasteiger partial charge in [0.15, 0.2) is 0 Å². The maximum Gasteiger partial charge on any atom is 0.130 e. The molecule has 0 radical (unpaired) electrons. The number of hydrogen-bond acceptors (Lipinski definition) is 3. The number of nitrogens with one attached hydrogen (secondary N) is 1. The van der Waals surface area contributed by atoms with Crippen LogP contribution in [0.1, 0.15) is 37.1 Å². The third-order valence-electron chi connectivity index (χ3n) is 3.58. The van der Waals surface area contributed by atoms with Crippen molar-refractivity contribution in [2.24, 2.45) is 0 Å². The van der Waals surface area contributed by atoms with Gasteiger partial charge in [-0.3, -0.25) is 0 Å². The zero-order valence-corrected chi connectivity index (χ0v) is 12.2. The SMILES string of the molecule is CCNCc1cc(F)cc(OCc2cncn2C2CC2)c1. The zero-order valence-electron chi connectivity index (χ0n) is 12.2. The number of aromatic nitrogens is 2. The largest absolute Gasteiger partial charge is 0.487 e. The molecule has 1 fully saturated rings. The Morgan fingerprint density at radius 3 is 3.00 bits per heavy atom. The summed E-state index contributed by atoms with van der Waals surface area (Å²) < 4.78 is 21.5. The molecule has 1 aliphatic rings. The Bertz CT molecular complexity index is 607. The molecule has 4 nitrogen and oxygen atoms in total. The molecule has 1 saturated carbocycles. The van der Waals surface area contributed by atoms with Gasteiger partial charge < -0.3 is 14.6 Å². The molecule has 0 spiro atoms. The molecule has 21 heavy (non-hydrogen) atoms. The molecule has 3 rings (SSSR count). The van der Waals surface area contributed by atoms with Crippen LogP contribution >= 0.6 is 0 Å². The summed E-state index contributed by atoms with van der Waals surface area (Å²) in [5, 5.41) is 3.18. The van der Waals surface area contributed by atoms with E-state index in [9.17, 15) is 4.39 Å². The van der Waals surface area contributed by atoms with E-state index in [1.54, 1.807) is 0 Å². The van der Waals surface area contributed by atoms with E-state index in [-0.39, 0.29) is 5.82 Å². The van der Waals surface area contributed by atoms with Crippen molar-refractivity contribution in [3.63, 3.8) is 0 Å². The van der Waals surface area contributed by atoms with Crippen LogP contribution in [0.2, 0.25) is 0 Å². The number of benzene rings is 1. The summed E-state index contributed by atoms with van der Waals surface area (Å²) in [7, 11) is 0. The predicted molar refractivity (Wildman–Crippen MR) is 78.6 cm³/mol. The van der Waals surface area contributed by atoms with Gasteiger partial charge in [-0.2, -0.15) is 0 Å². The minimum absolute atomic E-state index is 0.267. The standard InChI is InChI=1S/C16H20FN3O/c1-2-18-8-12-5-13(17)7-16(6-12)21-10-15-9-19-11-20(15)14-3-4-14/h5-7,9,11,14,18H,2-4,8,10H2,1H3. The lowest BCUT2D eigenvalue weighted by molar-refractivity contribution is 0.293. The fraction of sp³-hybridized carbons (Fsp3) is 0.438. The molecule has 1 aromatic heterocycles. The van der Waals surface area contributed by atoms with Crippen LogP contribution in [0.25, 0.3) is 0 Å². The van der Waals surface area contributed by atoms with Crippen LogP contribution in [0.5, 0.6) is 5.75 Å². The smallest absolute Gasteiger partial charge is 0.130 e. The molecule has 1 heterocycles. The van der Waals surface area contributed by atoms with Gasteiger partial charge in [-0.1, -0.05) is 6.92 Å². The van der Waals surface area contributed by atoms with E-state index in [2.05, 4.69) is 14.9 Å². The second-order valence-corrected chi connectivity index (χ2v) is 5.39. The summed E-state index contributed by atoms with van der Waals surface area (Å²) in [4.78, 5) is 4.17. The first-order valence-electron chi connectivity index (χ1n) is 7.40. The van der Waals surface area contributed by atoms with Crippen molar-refractivity contribution in [1.29, 1.82) is 0 Å². The number of halogens is 1. The van der Waals surface area contributed by atoms with Gasteiger partial charge in [0, 0.05) is 18.7 Å². The first kappa shape index (κ1) is 14.1. The molecule has 0 unspecified atom stereocenters. The summed E-state index contributed by atoms with van der Waals surface area (Å²) in [5.41, 5.74) is 1.93. The van der Waals surface area contributed by atoms with Gasteiger partial charge in [-0.25, -0.2) is 9.37 Å². The van der Waals surface area contributed by atoms with E-state index in [4.69, 9.17) is 4.74 Å². The molecule has 0 bridgehead atoms. The van der Waals surface area contributed by atoms with Gasteiger partial charge in [0.25, 0.3) is 0 Å². The van der Waals surface area contributed by atoms with Gasteiger partial charge in [0.1, 0.15) is 18.2 Å². The van der Waals surface area contributed by atoms with E-state index in [0.717, 1.165) is 17.8 Å². The van der Waals surface area contributed by atoms with Crippen molar-refractivity contribution in [2.75, 3.05) is 6.54 Å². The van der Waals surface area contributed by atoms with Crippen molar-refractivity contribution >= 4 is 0 Å². The zero-order chi connectivity index (χ0) is 14.7. The third kappa shape index (κ3) is 3.61. The summed E-state index contributed by atoms with van der Waals surface area (Å²) >= 11 is 0. The average Bonchev–Trinajstić information content (AvgIpc) is 3.21. The van der Waals surface area contributed by atoms with Crippen LogP contribution in [0.15, 0.2) is 30.7 Å². The Labute approximate surface area is 124 Å². The second-order valence-electron chi connectivity index (χ2n) is 5.39. The molecule has 5 heteroatoms. The van der Waals surface area contributed by atoms with Crippen LogP contribution in [-0.4, -0.2) is 16.1 Å². The van der Waals surface area contributed by atoms with Crippen LogP contribution in [-0.2, 0) is 13.2 Å². The van der Waals surface area contributed by atoms with E-state index >= 15 is 0 Å². The fourth-order valence-corrected chi connectivity index (χ4v) is 2.36. The lowest BCUT2D eigenvalue weighted by Crippen LogP contribution is -2.12. The molecule has 1 N–H and O–H groups in total. The molecule has 1 aliphatic carbocycles. The Kier molecular flexibility index (Phi) is 4.20. The molecular formula is C16H20FN3O. The minimum atomic E-state index is -0.267. The van der Waals surface area contributed by atoms with Gasteiger partial charge >= 0.3 is 0 Å². The summed E-state index contributed by atoms with van der Waals surface area (Å²) in [6.07, 6.45) is 6.07. The minimum Gasteiger partial charge on any atom is -0.487 e. The quantitative estimate of drug-likeness (QED) is 0.851. The normalized spacial score (nSPS) is 14.4. The number of nitrogens with zero attached hydrogens (tertiary/aromatic N) is 2. The number of imidazole rings is 1. The maximum atomic E-state index is 13.6. The Balaban J connectivity index is 1.66. The van der Waals surface area contributed by atoms with Crippen molar-refractivity contribution in [1.82, 2.24) is 14.9 Å². The molecular weight excluding hydrogens is 269 g/mol. The van der Waals surface area contributed by atoms with Gasteiger partial charge in [-0.15, -0.1) is 0 Å². The Hall–Kier alpha value is -1.88. The van der Waals surface area contributed by atoms with Crippen LogP contribution in [0, 0.1) is 5.82 Å². The first-order chi connectivity index (χ1) is 10.3. The molecule has 2 aromatic rings. The molecule has 0 atom stereocenters. The van der Waals surface area contributed by atoms with Crippen LogP contribution in [0.3, 0.4) is 0 Å². The van der Waals surface area contributed by atoms with E-state index in [1.807, 2.05) is 25.5 Å². The maximum absolute atomic E-state index is 13.6. The van der Waals surface area contributed by atoms with Crippen LogP contribution < -0.4 is 10.1 Å². The highest BCUT2D eigenvalue weighted by Gasteiger charge is 2.25. The monoisotopic (exact) mass is 289 g/mol. The highest BCUT2D eigenvalue weighted by Crippen LogP contribution is 2.35. The van der Waals surface area contributed by atoms with Crippen molar-refractivity contribution < 1.29 is 9.13 Å². The summed E-state index contributed by atoms with van der Waals surface area (Å²) in [5.74, 6) is 0.294. The van der Waals surface area contributed by atoms with Gasteiger partial charge in [-0.05, 0) is 37.1 Å². The lowest BCUT2D eigenvalue weighted by atomic mass is 10.2. The summed E-state index contributed by atoms with van der Waals surface area (Å²) in [6, 6.07) is 5.41. The van der Waals surface area contributed by atoms with Crippen molar-refractivity contribution in [3.05, 3.63) is 47.8 Å². The highest BCUT2D eigenvalue weighted by atomic mass is 19.1. The number of hydrogen-bond donors (Lipinski definition) is 1. The Morgan fingerprint density at radius 2 is 2.24 bits per heavy atom. The fourth-order valence-electron chi connectivity index (χ4n) is 2.36. The second kappa shape index (κ2) is 6.26. The average molecular weight is 289 g/mol. The van der Waals surface area contributed by atoms with Crippen molar-refractivity contribution in [2.45, 2.75) is 39.0 Å². The van der Waals surface area contributed by atoms with Crippen LogP contribution in [0.4, 0.5) is 4.39 Å².